The van der Waals surface area contributed by atoms with Gasteiger partial charge in [-0.05, 0) is 72.8 Å². The summed E-state index contributed by atoms with van der Waals surface area (Å²) in [6, 6.07) is 18.4. The molecule has 6 aromatic rings. The first-order valence-corrected chi connectivity index (χ1v) is 19.1. The van der Waals surface area contributed by atoms with Crippen LogP contribution in [0.25, 0.3) is 45.0 Å². The fraction of sp³-hybridized carbons (Fsp3) is 0.167. The molecule has 1 unspecified atom stereocenters. The highest BCUT2D eigenvalue weighted by atomic mass is 32.2. The van der Waals surface area contributed by atoms with E-state index in [0.29, 0.717) is 56.3 Å². The maximum absolute atomic E-state index is 13.3. The number of anilines is 2. The monoisotopic (exact) mass is 760 g/mol. The molecular formula is C36H34F2N8O5S2. The quantitative estimate of drug-likeness (QED) is 0.200. The fourth-order valence-electron chi connectivity index (χ4n) is 5.48. The van der Waals surface area contributed by atoms with Crippen LogP contribution in [0.15, 0.2) is 95.5 Å². The number of halogens is 2. The Hall–Kier alpha value is -5.94. The predicted molar refractivity (Wildman–Crippen MR) is 198 cm³/mol. The van der Waals surface area contributed by atoms with E-state index in [1.54, 1.807) is 67.5 Å². The van der Waals surface area contributed by atoms with Crippen molar-refractivity contribution in [2.45, 2.75) is 24.2 Å². The molecule has 4 heterocycles. The number of carbonyl (C=O) groups is 2. The molecule has 0 saturated heterocycles. The Balaban J connectivity index is 0.000000204. The Morgan fingerprint density at radius 2 is 1.09 bits per heavy atom. The number of pyridine rings is 2. The van der Waals surface area contributed by atoms with E-state index in [0.717, 1.165) is 11.8 Å². The summed E-state index contributed by atoms with van der Waals surface area (Å²) >= 11 is 0. The lowest BCUT2D eigenvalue weighted by atomic mass is 10.1. The molecule has 1 atom stereocenters. The standard InChI is InChI=1S/C18H17FN4O3S.C18H17FN4O2S/c1-11(24)21-15-10-13(8-9-20-15)17-16(12-4-6-14(19)7-5-12)22-18(23(17)2)27(3,25)26;1-11(24)21-15-10-13(8-9-20-15)17-16(12-4-6-14(19)7-5-12)22-18(23(17)2)26(3)25/h4-10H,1-3H3,(H,20,21,24);4-10H,1-3H3,(H,20,21,24). The SMILES string of the molecule is CC(=O)Nc1cc(-c2c(-c3ccc(F)cc3)nc(S(C)(=O)=O)n2C)ccn1.CC(=O)Nc1cc(-c2c(-c3ccc(F)cc3)nc(S(C)=O)n2C)ccn1. The van der Waals surface area contributed by atoms with E-state index >= 15 is 0 Å². The van der Waals surface area contributed by atoms with Crippen molar-refractivity contribution in [3.63, 3.8) is 0 Å². The van der Waals surface area contributed by atoms with Gasteiger partial charge >= 0.3 is 0 Å². The number of benzene rings is 2. The van der Waals surface area contributed by atoms with E-state index in [9.17, 15) is 31.0 Å². The molecule has 0 aliphatic rings. The Bertz CT molecular complexity index is 2460. The summed E-state index contributed by atoms with van der Waals surface area (Å²) < 4.78 is 66.1. The van der Waals surface area contributed by atoms with E-state index in [1.807, 2.05) is 0 Å². The number of imidazole rings is 2. The predicted octanol–water partition coefficient (Wildman–Crippen LogP) is 5.63. The van der Waals surface area contributed by atoms with Gasteiger partial charge in [-0.25, -0.2) is 37.1 Å². The summed E-state index contributed by atoms with van der Waals surface area (Å²) in [7, 11) is -1.54. The number of aromatic nitrogens is 6. The fourth-order valence-corrected chi connectivity index (χ4v) is 7.02. The van der Waals surface area contributed by atoms with Gasteiger partial charge in [-0.15, -0.1) is 0 Å². The van der Waals surface area contributed by atoms with Crippen LogP contribution >= 0.6 is 0 Å². The molecule has 4 aromatic heterocycles. The van der Waals surface area contributed by atoms with Crippen molar-refractivity contribution < 1.29 is 31.0 Å². The summed E-state index contributed by atoms with van der Waals surface area (Å²) in [5.41, 5.74) is 4.80. The zero-order valence-electron chi connectivity index (χ0n) is 29.4. The molecule has 13 nitrogen and oxygen atoms in total. The van der Waals surface area contributed by atoms with Crippen LogP contribution in [-0.4, -0.2) is 66.0 Å². The number of amides is 2. The van der Waals surface area contributed by atoms with Gasteiger partial charge in [0.1, 0.15) is 23.3 Å². The lowest BCUT2D eigenvalue weighted by molar-refractivity contribution is -0.115. The van der Waals surface area contributed by atoms with Gasteiger partial charge in [-0.3, -0.25) is 13.8 Å². The highest BCUT2D eigenvalue weighted by Gasteiger charge is 2.24. The summed E-state index contributed by atoms with van der Waals surface area (Å²) in [6.07, 6.45) is 5.70. The molecule has 274 valence electrons. The van der Waals surface area contributed by atoms with Gasteiger partial charge in [-0.1, -0.05) is 0 Å². The lowest BCUT2D eigenvalue weighted by Gasteiger charge is -2.09. The summed E-state index contributed by atoms with van der Waals surface area (Å²) in [6.45, 7) is 2.77. The van der Waals surface area contributed by atoms with Crippen molar-refractivity contribution in [3.8, 4) is 45.0 Å². The van der Waals surface area contributed by atoms with Gasteiger partial charge in [0, 0.05) is 75.1 Å². The van der Waals surface area contributed by atoms with Crippen molar-refractivity contribution in [1.29, 1.82) is 0 Å². The topological polar surface area (TPSA) is 171 Å². The zero-order valence-corrected chi connectivity index (χ0v) is 31.0. The van der Waals surface area contributed by atoms with Gasteiger partial charge < -0.3 is 19.8 Å². The second kappa shape index (κ2) is 15.7. The average Bonchev–Trinajstić information content (AvgIpc) is 3.62. The van der Waals surface area contributed by atoms with Gasteiger partial charge in [0.25, 0.3) is 0 Å². The molecule has 6 rings (SSSR count). The Morgan fingerprint density at radius 3 is 1.49 bits per heavy atom. The third kappa shape index (κ3) is 8.93. The van der Waals surface area contributed by atoms with Crippen LogP contribution in [0.2, 0.25) is 0 Å². The highest BCUT2D eigenvalue weighted by molar-refractivity contribution is 7.90. The van der Waals surface area contributed by atoms with Gasteiger partial charge in [0.2, 0.25) is 26.8 Å². The van der Waals surface area contributed by atoms with Crippen LogP contribution in [-0.2, 0) is 44.3 Å². The third-order valence-electron chi connectivity index (χ3n) is 7.61. The maximum atomic E-state index is 13.3. The molecule has 0 saturated carbocycles. The van der Waals surface area contributed by atoms with Crippen LogP contribution in [0.1, 0.15) is 13.8 Å². The second-order valence-corrected chi connectivity index (χ2v) is 14.9. The molecule has 0 spiro atoms. The number of nitrogens with one attached hydrogen (secondary N) is 2. The van der Waals surface area contributed by atoms with Crippen LogP contribution < -0.4 is 10.6 Å². The smallest absolute Gasteiger partial charge is 0.228 e. The number of carbonyl (C=O) groups excluding carboxylic acids is 2. The van der Waals surface area contributed by atoms with E-state index in [-0.39, 0.29) is 22.8 Å². The van der Waals surface area contributed by atoms with Crippen molar-refractivity contribution in [1.82, 2.24) is 29.1 Å². The molecule has 17 heteroatoms. The van der Waals surface area contributed by atoms with Gasteiger partial charge in [0.05, 0.1) is 33.6 Å². The van der Waals surface area contributed by atoms with Gasteiger partial charge in [0.15, 0.2) is 5.16 Å². The van der Waals surface area contributed by atoms with Crippen molar-refractivity contribution in [2.24, 2.45) is 14.1 Å². The first kappa shape index (κ1) is 38.3. The van der Waals surface area contributed by atoms with Crippen LogP contribution in [0, 0.1) is 11.6 Å². The minimum Gasteiger partial charge on any atom is -0.320 e. The first-order chi connectivity index (χ1) is 25.0. The van der Waals surface area contributed by atoms with Gasteiger partial charge in [-0.2, -0.15) is 0 Å². The molecule has 0 radical (unpaired) electrons. The molecule has 2 aromatic carbocycles. The zero-order chi connectivity index (χ0) is 38.6. The minimum atomic E-state index is -3.60. The summed E-state index contributed by atoms with van der Waals surface area (Å²) in [4.78, 5) is 39.6. The normalized spacial score (nSPS) is 11.7. The Labute approximate surface area is 306 Å². The highest BCUT2D eigenvalue weighted by Crippen LogP contribution is 2.35. The number of sulfone groups is 1. The number of hydrogen-bond acceptors (Lipinski definition) is 9. The molecule has 0 aliphatic heterocycles. The molecule has 0 fully saturated rings. The Morgan fingerprint density at radius 1 is 0.679 bits per heavy atom. The number of hydrogen-bond donors (Lipinski definition) is 2. The largest absolute Gasteiger partial charge is 0.320 e. The van der Waals surface area contributed by atoms with E-state index in [1.165, 1.54) is 61.0 Å². The van der Waals surface area contributed by atoms with Crippen molar-refractivity contribution >= 4 is 44.1 Å². The second-order valence-electron chi connectivity index (χ2n) is 11.8. The number of nitrogens with zero attached hydrogens (tertiary/aromatic N) is 6. The Kier molecular flexibility index (Phi) is 11.4. The molecule has 53 heavy (non-hydrogen) atoms. The first-order valence-electron chi connectivity index (χ1n) is 15.7. The van der Waals surface area contributed by atoms with E-state index in [2.05, 4.69) is 30.6 Å². The molecule has 0 aliphatic carbocycles. The number of rotatable bonds is 8. The van der Waals surface area contributed by atoms with Crippen molar-refractivity contribution in [3.05, 3.63) is 96.8 Å². The molecular weight excluding hydrogens is 727 g/mol. The summed E-state index contributed by atoms with van der Waals surface area (Å²) in [5, 5.41) is 5.52. The molecule has 2 N–H and O–H groups in total. The van der Waals surface area contributed by atoms with E-state index < -0.39 is 26.5 Å². The van der Waals surface area contributed by atoms with Crippen LogP contribution in [0.5, 0.6) is 0 Å². The maximum Gasteiger partial charge on any atom is 0.228 e. The van der Waals surface area contributed by atoms with E-state index in [4.69, 9.17) is 0 Å². The molecule has 2 amide bonds. The lowest BCUT2D eigenvalue weighted by Crippen LogP contribution is -2.08. The van der Waals surface area contributed by atoms with Crippen LogP contribution in [0.4, 0.5) is 20.4 Å². The van der Waals surface area contributed by atoms with Crippen LogP contribution in [0.3, 0.4) is 0 Å². The van der Waals surface area contributed by atoms with Crippen molar-refractivity contribution in [2.75, 3.05) is 23.1 Å². The minimum absolute atomic E-state index is 0.116. The third-order valence-corrected chi connectivity index (χ3v) is 9.52. The molecule has 0 bridgehead atoms. The summed E-state index contributed by atoms with van der Waals surface area (Å²) in [5.74, 6) is -0.527. The average molecular weight is 761 g/mol.